The summed E-state index contributed by atoms with van der Waals surface area (Å²) in [5, 5.41) is 0. The summed E-state index contributed by atoms with van der Waals surface area (Å²) in [5.74, 6) is 0.796. The molecule has 1 aliphatic rings. The van der Waals surface area contributed by atoms with Gasteiger partial charge in [-0.2, -0.15) is 0 Å². The molecule has 2 rings (SSSR count). The highest BCUT2D eigenvalue weighted by atomic mass is 14.1. The van der Waals surface area contributed by atoms with Crippen molar-refractivity contribution in [3.8, 4) is 0 Å². The van der Waals surface area contributed by atoms with Crippen molar-refractivity contribution in [2.24, 2.45) is 5.92 Å². The van der Waals surface area contributed by atoms with E-state index < -0.39 is 0 Å². The Morgan fingerprint density at radius 1 is 1.25 bits per heavy atom. The van der Waals surface area contributed by atoms with E-state index in [1.165, 1.54) is 24.0 Å². The molecule has 0 nitrogen and oxygen atoms in total. The van der Waals surface area contributed by atoms with Crippen molar-refractivity contribution in [3.05, 3.63) is 41.5 Å². The van der Waals surface area contributed by atoms with Crippen molar-refractivity contribution in [1.29, 1.82) is 0 Å². The van der Waals surface area contributed by atoms with Crippen LogP contribution in [0.1, 0.15) is 24.5 Å². The molecule has 0 aliphatic heterocycles. The minimum atomic E-state index is 0.796. The topological polar surface area (TPSA) is 0 Å². The third-order valence-electron chi connectivity index (χ3n) is 2.46. The first-order valence-corrected chi connectivity index (χ1v) is 4.61. The first kappa shape index (κ1) is 7.60. The largest absolute Gasteiger partial charge is 0.0837 e. The van der Waals surface area contributed by atoms with E-state index in [4.69, 9.17) is 0 Å². The maximum Gasteiger partial charge on any atom is -0.0228 e. The van der Waals surface area contributed by atoms with Crippen molar-refractivity contribution < 1.29 is 0 Å². The molecule has 0 fully saturated rings. The number of allylic oxidation sites excluding steroid dienone is 1. The second kappa shape index (κ2) is 3.14. The number of hydrogen-bond donors (Lipinski definition) is 0. The van der Waals surface area contributed by atoms with E-state index in [1.807, 2.05) is 0 Å². The lowest BCUT2D eigenvalue weighted by Crippen LogP contribution is -1.97. The Balaban J connectivity index is 2.41. The van der Waals surface area contributed by atoms with Crippen molar-refractivity contribution >= 4 is 6.08 Å². The zero-order valence-electron chi connectivity index (χ0n) is 7.46. The summed E-state index contributed by atoms with van der Waals surface area (Å²) in [6, 6.07) is 8.68. The van der Waals surface area contributed by atoms with Gasteiger partial charge in [-0.3, -0.25) is 0 Å². The van der Waals surface area contributed by atoms with Gasteiger partial charge < -0.3 is 0 Å². The van der Waals surface area contributed by atoms with E-state index in [0.29, 0.717) is 0 Å². The summed E-state index contributed by atoms with van der Waals surface area (Å²) < 4.78 is 0. The summed E-state index contributed by atoms with van der Waals surface area (Å²) in [4.78, 5) is 0. The predicted octanol–water partition coefficient (Wildman–Crippen LogP) is 3.28. The molecule has 12 heavy (non-hydrogen) atoms. The summed E-state index contributed by atoms with van der Waals surface area (Å²) in [6.07, 6.45) is 6.98. The van der Waals surface area contributed by atoms with Gasteiger partial charge in [0.15, 0.2) is 0 Å². The van der Waals surface area contributed by atoms with Crippen LogP contribution in [-0.2, 0) is 6.42 Å². The van der Waals surface area contributed by atoms with Crippen LogP contribution in [0.2, 0.25) is 0 Å². The van der Waals surface area contributed by atoms with Gasteiger partial charge in [0.1, 0.15) is 0 Å². The van der Waals surface area contributed by atoms with Gasteiger partial charge in [-0.25, -0.2) is 0 Å². The van der Waals surface area contributed by atoms with Crippen LogP contribution in [0.15, 0.2) is 30.3 Å². The SMILES string of the molecule is CC1CC=Cc2ccccc2C1. The molecule has 0 bridgehead atoms. The van der Waals surface area contributed by atoms with Gasteiger partial charge in [0, 0.05) is 0 Å². The molecule has 0 amide bonds. The van der Waals surface area contributed by atoms with Gasteiger partial charge in [-0.1, -0.05) is 43.3 Å². The zero-order chi connectivity index (χ0) is 8.39. The Hall–Kier alpha value is -1.04. The third-order valence-corrected chi connectivity index (χ3v) is 2.46. The smallest absolute Gasteiger partial charge is 0.0228 e. The van der Waals surface area contributed by atoms with Crippen LogP contribution in [0, 0.1) is 5.92 Å². The maximum atomic E-state index is 2.31. The molecular formula is C12H14. The maximum absolute atomic E-state index is 2.31. The first-order chi connectivity index (χ1) is 5.86. The third kappa shape index (κ3) is 1.42. The predicted molar refractivity (Wildman–Crippen MR) is 53.0 cm³/mol. The molecule has 0 spiro atoms. The van der Waals surface area contributed by atoms with E-state index in [2.05, 4.69) is 43.3 Å². The molecule has 1 aromatic rings. The molecule has 0 saturated heterocycles. The zero-order valence-corrected chi connectivity index (χ0v) is 7.46. The highest BCUT2D eigenvalue weighted by Gasteiger charge is 2.07. The molecular weight excluding hydrogens is 144 g/mol. The second-order valence-corrected chi connectivity index (χ2v) is 3.65. The molecule has 0 N–H and O–H groups in total. The van der Waals surface area contributed by atoms with E-state index in [0.717, 1.165) is 5.92 Å². The van der Waals surface area contributed by atoms with Crippen LogP contribution in [0.5, 0.6) is 0 Å². The second-order valence-electron chi connectivity index (χ2n) is 3.65. The quantitative estimate of drug-likeness (QED) is 0.543. The Morgan fingerprint density at radius 3 is 3.00 bits per heavy atom. The summed E-state index contributed by atoms with van der Waals surface area (Å²) in [5.41, 5.74) is 2.90. The summed E-state index contributed by atoms with van der Waals surface area (Å²) in [7, 11) is 0. The molecule has 1 unspecified atom stereocenters. The van der Waals surface area contributed by atoms with E-state index in [-0.39, 0.29) is 0 Å². The lowest BCUT2D eigenvalue weighted by molar-refractivity contribution is 0.594. The molecule has 1 aromatic carbocycles. The molecule has 1 aliphatic carbocycles. The van der Waals surface area contributed by atoms with E-state index in [1.54, 1.807) is 0 Å². The fourth-order valence-corrected chi connectivity index (χ4v) is 1.77. The monoisotopic (exact) mass is 158 g/mol. The van der Waals surface area contributed by atoms with Crippen LogP contribution in [0.3, 0.4) is 0 Å². The average molecular weight is 158 g/mol. The van der Waals surface area contributed by atoms with Crippen molar-refractivity contribution in [1.82, 2.24) is 0 Å². The number of benzene rings is 1. The fourth-order valence-electron chi connectivity index (χ4n) is 1.77. The highest BCUT2D eigenvalue weighted by Crippen LogP contribution is 2.21. The van der Waals surface area contributed by atoms with Crippen molar-refractivity contribution in [2.75, 3.05) is 0 Å². The van der Waals surface area contributed by atoms with E-state index in [9.17, 15) is 0 Å². The standard InChI is InChI=1S/C12H14/c1-10-5-4-8-11-6-2-3-7-12(11)9-10/h2-4,6-8,10H,5,9H2,1H3. The summed E-state index contributed by atoms with van der Waals surface area (Å²) in [6.45, 7) is 2.31. The van der Waals surface area contributed by atoms with Gasteiger partial charge in [0.25, 0.3) is 0 Å². The van der Waals surface area contributed by atoms with Crippen LogP contribution in [0.4, 0.5) is 0 Å². The normalized spacial score (nSPS) is 21.6. The Morgan fingerprint density at radius 2 is 2.08 bits per heavy atom. The van der Waals surface area contributed by atoms with Gasteiger partial charge >= 0.3 is 0 Å². The molecule has 0 heterocycles. The van der Waals surface area contributed by atoms with Gasteiger partial charge in [-0.15, -0.1) is 0 Å². The highest BCUT2D eigenvalue weighted by molar-refractivity contribution is 5.54. The Bertz CT molecular complexity index is 297. The number of fused-ring (bicyclic) bond motifs is 1. The lowest BCUT2D eigenvalue weighted by Gasteiger charge is -2.07. The van der Waals surface area contributed by atoms with Gasteiger partial charge in [0.2, 0.25) is 0 Å². The summed E-state index contributed by atoms with van der Waals surface area (Å²) >= 11 is 0. The molecule has 0 aromatic heterocycles. The van der Waals surface area contributed by atoms with Crippen LogP contribution in [0.25, 0.3) is 6.08 Å². The Kier molecular flexibility index (Phi) is 1.99. The molecule has 1 atom stereocenters. The molecule has 0 radical (unpaired) electrons. The lowest BCUT2D eigenvalue weighted by atomic mass is 9.98. The fraction of sp³-hybridized carbons (Fsp3) is 0.333. The molecule has 0 saturated carbocycles. The van der Waals surface area contributed by atoms with Crippen molar-refractivity contribution in [3.63, 3.8) is 0 Å². The number of hydrogen-bond acceptors (Lipinski definition) is 0. The first-order valence-electron chi connectivity index (χ1n) is 4.61. The van der Waals surface area contributed by atoms with Gasteiger partial charge in [-0.05, 0) is 29.9 Å². The molecule has 0 heteroatoms. The van der Waals surface area contributed by atoms with Gasteiger partial charge in [0.05, 0.1) is 0 Å². The van der Waals surface area contributed by atoms with E-state index >= 15 is 0 Å². The average Bonchev–Trinajstić information content (AvgIpc) is 2.25. The minimum Gasteiger partial charge on any atom is -0.0837 e. The van der Waals surface area contributed by atoms with Crippen LogP contribution < -0.4 is 0 Å². The minimum absolute atomic E-state index is 0.796. The Labute approximate surface area is 73.9 Å². The van der Waals surface area contributed by atoms with Crippen LogP contribution in [-0.4, -0.2) is 0 Å². The van der Waals surface area contributed by atoms with Crippen LogP contribution >= 0.6 is 0 Å². The number of rotatable bonds is 0. The van der Waals surface area contributed by atoms with Crippen molar-refractivity contribution in [2.45, 2.75) is 19.8 Å². The molecule has 62 valence electrons.